The smallest absolute Gasteiger partial charge is 0.297 e. The fraction of sp³-hybridized carbons (Fsp3) is 0.450. The van der Waals surface area contributed by atoms with E-state index in [-0.39, 0.29) is 5.69 Å². The summed E-state index contributed by atoms with van der Waals surface area (Å²) in [7, 11) is 1.73. The van der Waals surface area contributed by atoms with E-state index in [1.807, 2.05) is 40.6 Å². The Bertz CT molecular complexity index is 955. The first-order valence-electron chi connectivity index (χ1n) is 9.61. The lowest BCUT2D eigenvalue weighted by Gasteiger charge is -2.32. The van der Waals surface area contributed by atoms with E-state index in [9.17, 15) is 4.79 Å². The van der Waals surface area contributed by atoms with Gasteiger partial charge in [0.05, 0.1) is 11.4 Å². The van der Waals surface area contributed by atoms with Crippen LogP contribution in [0.2, 0.25) is 0 Å². The molecule has 0 saturated carbocycles. The molecule has 7 nitrogen and oxygen atoms in total. The SMILES string of the molecule is CCn1c([C@@H]2CCCN(Cc3ccnn3-c3ccccc3)C2)nn(C)c1=O. The second-order valence-electron chi connectivity index (χ2n) is 7.15. The number of nitrogens with zero attached hydrogens (tertiary/aromatic N) is 6. The highest BCUT2D eigenvalue weighted by Gasteiger charge is 2.27. The molecule has 0 bridgehead atoms. The predicted molar refractivity (Wildman–Crippen MR) is 104 cm³/mol. The van der Waals surface area contributed by atoms with Gasteiger partial charge in [-0.05, 0) is 44.5 Å². The third kappa shape index (κ3) is 3.47. The number of piperidine rings is 1. The van der Waals surface area contributed by atoms with E-state index in [0.717, 1.165) is 44.0 Å². The van der Waals surface area contributed by atoms with Crippen molar-refractivity contribution in [2.45, 2.75) is 38.8 Å². The maximum atomic E-state index is 12.2. The first-order chi connectivity index (χ1) is 13.2. The molecule has 0 radical (unpaired) electrons. The molecule has 1 fully saturated rings. The summed E-state index contributed by atoms with van der Waals surface area (Å²) in [6, 6.07) is 12.3. The molecule has 3 aromatic rings. The number of aromatic nitrogens is 5. The van der Waals surface area contributed by atoms with Crippen molar-refractivity contribution in [1.82, 2.24) is 29.0 Å². The summed E-state index contributed by atoms with van der Waals surface area (Å²) in [5.41, 5.74) is 2.23. The van der Waals surface area contributed by atoms with Crippen molar-refractivity contribution in [3.05, 3.63) is 64.6 Å². The highest BCUT2D eigenvalue weighted by atomic mass is 16.2. The molecule has 1 atom stereocenters. The Labute approximate surface area is 158 Å². The molecular weight excluding hydrogens is 340 g/mol. The van der Waals surface area contributed by atoms with Gasteiger partial charge in [-0.2, -0.15) is 10.2 Å². The Morgan fingerprint density at radius 1 is 1.19 bits per heavy atom. The minimum Gasteiger partial charge on any atom is -0.297 e. The molecule has 4 rings (SSSR count). The zero-order chi connectivity index (χ0) is 18.8. The van der Waals surface area contributed by atoms with Crippen LogP contribution < -0.4 is 5.69 Å². The molecule has 1 aliphatic rings. The van der Waals surface area contributed by atoms with Crippen molar-refractivity contribution in [3.8, 4) is 5.69 Å². The molecule has 1 aromatic carbocycles. The standard InChI is InChI=1S/C20H26N6O/c1-3-25-19(22-23(2)20(25)27)16-8-7-13-24(14-16)15-18-11-12-21-26(18)17-9-5-4-6-10-17/h4-6,9-12,16H,3,7-8,13-15H2,1-2H3/t16-/m1/s1. The minimum absolute atomic E-state index is 0.0215. The summed E-state index contributed by atoms with van der Waals surface area (Å²) < 4.78 is 5.27. The number of hydrogen-bond donors (Lipinski definition) is 0. The van der Waals surface area contributed by atoms with E-state index in [2.05, 4.69) is 33.3 Å². The van der Waals surface area contributed by atoms with Crippen LogP contribution in [-0.4, -0.2) is 42.1 Å². The Kier molecular flexibility index (Phi) is 4.94. The number of para-hydroxylation sites is 1. The van der Waals surface area contributed by atoms with Gasteiger partial charge in [-0.1, -0.05) is 18.2 Å². The first-order valence-corrected chi connectivity index (χ1v) is 9.61. The zero-order valence-electron chi connectivity index (χ0n) is 16.0. The topological polar surface area (TPSA) is 60.9 Å². The van der Waals surface area contributed by atoms with Crippen LogP contribution in [0.5, 0.6) is 0 Å². The molecule has 0 unspecified atom stereocenters. The molecule has 0 amide bonds. The molecule has 27 heavy (non-hydrogen) atoms. The largest absolute Gasteiger partial charge is 0.345 e. The molecule has 1 saturated heterocycles. The normalized spacial score (nSPS) is 18.1. The summed E-state index contributed by atoms with van der Waals surface area (Å²) >= 11 is 0. The number of rotatable bonds is 5. The van der Waals surface area contributed by atoms with E-state index in [1.165, 1.54) is 10.4 Å². The van der Waals surface area contributed by atoms with Crippen molar-refractivity contribution in [3.63, 3.8) is 0 Å². The Morgan fingerprint density at radius 3 is 2.78 bits per heavy atom. The lowest BCUT2D eigenvalue weighted by molar-refractivity contribution is 0.191. The van der Waals surface area contributed by atoms with E-state index in [4.69, 9.17) is 0 Å². The van der Waals surface area contributed by atoms with Crippen LogP contribution in [-0.2, 0) is 20.1 Å². The summed E-state index contributed by atoms with van der Waals surface area (Å²) in [6.45, 7) is 5.48. The van der Waals surface area contributed by atoms with Crippen LogP contribution in [0.25, 0.3) is 5.69 Å². The number of benzene rings is 1. The summed E-state index contributed by atoms with van der Waals surface area (Å²) in [4.78, 5) is 14.7. The van der Waals surface area contributed by atoms with Crippen molar-refractivity contribution < 1.29 is 0 Å². The molecule has 2 aromatic heterocycles. The second kappa shape index (κ2) is 7.52. The minimum atomic E-state index is -0.0215. The van der Waals surface area contributed by atoms with E-state index < -0.39 is 0 Å². The van der Waals surface area contributed by atoms with Gasteiger partial charge in [0.15, 0.2) is 0 Å². The number of likely N-dealkylation sites (tertiary alicyclic amines) is 1. The predicted octanol–water partition coefficient (Wildman–Crippen LogP) is 2.17. The molecule has 3 heterocycles. The van der Waals surface area contributed by atoms with Crippen LogP contribution in [0.15, 0.2) is 47.4 Å². The zero-order valence-corrected chi connectivity index (χ0v) is 16.0. The highest BCUT2D eigenvalue weighted by Crippen LogP contribution is 2.26. The van der Waals surface area contributed by atoms with Crippen LogP contribution in [0.4, 0.5) is 0 Å². The number of hydrogen-bond acceptors (Lipinski definition) is 4. The van der Waals surface area contributed by atoms with Crippen molar-refractivity contribution in [1.29, 1.82) is 0 Å². The molecule has 142 valence electrons. The first kappa shape index (κ1) is 17.7. The van der Waals surface area contributed by atoms with Crippen LogP contribution in [0, 0.1) is 0 Å². The van der Waals surface area contributed by atoms with Crippen molar-refractivity contribution in [2.75, 3.05) is 13.1 Å². The second-order valence-corrected chi connectivity index (χ2v) is 7.15. The van der Waals surface area contributed by atoms with E-state index >= 15 is 0 Å². The van der Waals surface area contributed by atoms with Crippen LogP contribution >= 0.6 is 0 Å². The third-order valence-corrected chi connectivity index (χ3v) is 5.33. The Balaban J connectivity index is 1.53. The average molecular weight is 366 g/mol. The molecule has 0 N–H and O–H groups in total. The molecule has 0 aliphatic carbocycles. The Hall–Kier alpha value is -2.67. The summed E-state index contributed by atoms with van der Waals surface area (Å²) in [5, 5.41) is 9.02. The van der Waals surface area contributed by atoms with Gasteiger partial charge in [-0.25, -0.2) is 14.2 Å². The Morgan fingerprint density at radius 2 is 2.00 bits per heavy atom. The maximum absolute atomic E-state index is 12.2. The summed E-state index contributed by atoms with van der Waals surface area (Å²) in [5.74, 6) is 1.21. The molecule has 1 aliphatic heterocycles. The van der Waals surface area contributed by atoms with Crippen molar-refractivity contribution >= 4 is 0 Å². The molecule has 0 spiro atoms. The fourth-order valence-corrected chi connectivity index (χ4v) is 4.01. The summed E-state index contributed by atoms with van der Waals surface area (Å²) in [6.07, 6.45) is 4.04. The lowest BCUT2D eigenvalue weighted by atomic mass is 9.97. The fourth-order valence-electron chi connectivity index (χ4n) is 4.01. The van der Waals surface area contributed by atoms with Gasteiger partial charge in [0.1, 0.15) is 5.82 Å². The molecule has 7 heteroatoms. The van der Waals surface area contributed by atoms with E-state index in [1.54, 1.807) is 7.05 Å². The molecular formula is C20H26N6O. The lowest BCUT2D eigenvalue weighted by Crippen LogP contribution is -2.36. The number of aryl methyl sites for hydroxylation is 1. The quantitative estimate of drug-likeness (QED) is 0.694. The van der Waals surface area contributed by atoms with Gasteiger partial charge in [0.2, 0.25) is 0 Å². The third-order valence-electron chi connectivity index (χ3n) is 5.33. The van der Waals surface area contributed by atoms with E-state index in [0.29, 0.717) is 12.5 Å². The van der Waals surface area contributed by atoms with Gasteiger partial charge < -0.3 is 0 Å². The van der Waals surface area contributed by atoms with Gasteiger partial charge in [-0.3, -0.25) is 9.47 Å². The van der Waals surface area contributed by atoms with Gasteiger partial charge >= 0.3 is 5.69 Å². The van der Waals surface area contributed by atoms with Gasteiger partial charge in [-0.15, -0.1) is 0 Å². The highest BCUT2D eigenvalue weighted by molar-refractivity contribution is 5.32. The van der Waals surface area contributed by atoms with Crippen molar-refractivity contribution in [2.24, 2.45) is 7.05 Å². The monoisotopic (exact) mass is 366 g/mol. The van der Waals surface area contributed by atoms with Gasteiger partial charge in [0.25, 0.3) is 0 Å². The van der Waals surface area contributed by atoms with Crippen LogP contribution in [0.1, 0.15) is 37.2 Å². The average Bonchev–Trinajstić information content (AvgIpc) is 3.27. The van der Waals surface area contributed by atoms with Gasteiger partial charge in [0, 0.05) is 38.8 Å². The maximum Gasteiger partial charge on any atom is 0.345 e. The van der Waals surface area contributed by atoms with Crippen LogP contribution in [0.3, 0.4) is 0 Å².